The maximum absolute atomic E-state index is 14.0. The Kier molecular flexibility index (Phi) is 6.88. The summed E-state index contributed by atoms with van der Waals surface area (Å²) in [4.78, 5) is 33.2. The molecule has 1 aromatic heterocycles. The van der Waals surface area contributed by atoms with E-state index in [1.165, 1.54) is 28.5 Å². The lowest BCUT2D eigenvalue weighted by molar-refractivity contribution is 0.0724. The minimum atomic E-state index is -0.439. The average molecular weight is 508 g/mol. The zero-order chi connectivity index (χ0) is 24.4. The summed E-state index contributed by atoms with van der Waals surface area (Å²) in [7, 11) is 0. The SMILES string of the molecule is O=C(c1ccc2c(=O)n(-c3cccc(F)c3)c(SCc3ccc(Cl)cc3)nc2c1)N1CCCCC1. The highest BCUT2D eigenvalue weighted by Crippen LogP contribution is 2.26. The van der Waals surface area contributed by atoms with Crippen molar-refractivity contribution in [3.05, 3.63) is 99.1 Å². The van der Waals surface area contributed by atoms with Gasteiger partial charge in [0.15, 0.2) is 5.16 Å². The van der Waals surface area contributed by atoms with Gasteiger partial charge in [-0.05, 0) is 73.4 Å². The minimum Gasteiger partial charge on any atom is -0.339 e. The first-order valence-corrected chi connectivity index (χ1v) is 12.9. The van der Waals surface area contributed by atoms with Crippen LogP contribution in [0.15, 0.2) is 76.7 Å². The fourth-order valence-corrected chi connectivity index (χ4v) is 5.34. The first kappa shape index (κ1) is 23.6. The summed E-state index contributed by atoms with van der Waals surface area (Å²) in [5.74, 6) is 0.0558. The van der Waals surface area contributed by atoms with Gasteiger partial charge in [-0.1, -0.05) is 41.6 Å². The fraction of sp³-hybridized carbons (Fsp3) is 0.222. The van der Waals surface area contributed by atoms with Crippen molar-refractivity contribution < 1.29 is 9.18 Å². The molecule has 1 amide bonds. The average Bonchev–Trinajstić information content (AvgIpc) is 2.88. The van der Waals surface area contributed by atoms with E-state index in [4.69, 9.17) is 16.6 Å². The van der Waals surface area contributed by atoms with Crippen LogP contribution in [0.5, 0.6) is 0 Å². The summed E-state index contributed by atoms with van der Waals surface area (Å²) < 4.78 is 15.5. The Balaban J connectivity index is 1.58. The second-order valence-electron chi connectivity index (χ2n) is 8.51. The topological polar surface area (TPSA) is 55.2 Å². The van der Waals surface area contributed by atoms with Crippen molar-refractivity contribution in [1.29, 1.82) is 0 Å². The molecule has 0 atom stereocenters. The van der Waals surface area contributed by atoms with Gasteiger partial charge in [0.05, 0.1) is 16.6 Å². The number of amides is 1. The lowest BCUT2D eigenvalue weighted by Crippen LogP contribution is -2.35. The molecule has 0 saturated carbocycles. The van der Waals surface area contributed by atoms with E-state index in [-0.39, 0.29) is 11.5 Å². The number of hydrogen-bond acceptors (Lipinski definition) is 4. The molecule has 0 unspecified atom stereocenters. The molecule has 1 aliphatic heterocycles. The van der Waals surface area contributed by atoms with Crippen LogP contribution in [-0.2, 0) is 5.75 Å². The van der Waals surface area contributed by atoms with Crippen LogP contribution < -0.4 is 5.56 Å². The molecule has 1 fully saturated rings. The third-order valence-corrected chi connectivity index (χ3v) is 7.34. The van der Waals surface area contributed by atoms with E-state index in [0.29, 0.717) is 38.1 Å². The van der Waals surface area contributed by atoms with Crippen molar-refractivity contribution in [2.24, 2.45) is 0 Å². The molecule has 1 saturated heterocycles. The molecule has 178 valence electrons. The quantitative estimate of drug-likeness (QED) is 0.242. The van der Waals surface area contributed by atoms with Crippen LogP contribution in [0.2, 0.25) is 5.02 Å². The number of carbonyl (C=O) groups is 1. The van der Waals surface area contributed by atoms with Gasteiger partial charge in [-0.3, -0.25) is 14.2 Å². The first-order chi connectivity index (χ1) is 17.0. The highest BCUT2D eigenvalue weighted by Gasteiger charge is 2.20. The minimum absolute atomic E-state index is 0.0434. The van der Waals surface area contributed by atoms with Gasteiger partial charge in [-0.15, -0.1) is 0 Å². The van der Waals surface area contributed by atoms with E-state index in [0.717, 1.165) is 37.9 Å². The summed E-state index contributed by atoms with van der Waals surface area (Å²) in [6, 6.07) is 18.4. The Morgan fingerprint density at radius 1 is 1.00 bits per heavy atom. The van der Waals surface area contributed by atoms with Gasteiger partial charge in [0.25, 0.3) is 11.5 Å². The van der Waals surface area contributed by atoms with Gasteiger partial charge in [0.2, 0.25) is 0 Å². The van der Waals surface area contributed by atoms with Crippen LogP contribution in [0.25, 0.3) is 16.6 Å². The van der Waals surface area contributed by atoms with Crippen molar-refractivity contribution in [3.63, 3.8) is 0 Å². The monoisotopic (exact) mass is 507 g/mol. The zero-order valence-electron chi connectivity index (χ0n) is 18.9. The second kappa shape index (κ2) is 10.2. The lowest BCUT2D eigenvalue weighted by Gasteiger charge is -2.26. The molecule has 0 aliphatic carbocycles. The van der Waals surface area contributed by atoms with Crippen molar-refractivity contribution in [1.82, 2.24) is 14.5 Å². The molecule has 4 aromatic rings. The third kappa shape index (κ3) is 5.11. The lowest BCUT2D eigenvalue weighted by atomic mass is 10.1. The number of rotatable bonds is 5. The standard InChI is InChI=1S/C27H23ClFN3O2S/c28-20-10-7-18(8-11-20)17-35-27-30-24-15-19(25(33)31-13-2-1-3-14-31)9-12-23(24)26(34)32(27)22-6-4-5-21(29)16-22/h4-12,15-16H,1-3,13-14,17H2. The van der Waals surface area contributed by atoms with Gasteiger partial charge in [0, 0.05) is 29.4 Å². The molecule has 35 heavy (non-hydrogen) atoms. The van der Waals surface area contributed by atoms with E-state index in [2.05, 4.69) is 0 Å². The summed E-state index contributed by atoms with van der Waals surface area (Å²) in [5, 5.41) is 1.44. The molecule has 0 bridgehead atoms. The summed E-state index contributed by atoms with van der Waals surface area (Å²) in [5.41, 5.74) is 2.06. The van der Waals surface area contributed by atoms with Crippen LogP contribution in [0.4, 0.5) is 4.39 Å². The summed E-state index contributed by atoms with van der Waals surface area (Å²) >= 11 is 7.37. The number of hydrogen-bond donors (Lipinski definition) is 0. The van der Waals surface area contributed by atoms with E-state index in [1.54, 1.807) is 30.3 Å². The number of halogens is 2. The van der Waals surface area contributed by atoms with E-state index in [1.807, 2.05) is 29.2 Å². The number of fused-ring (bicyclic) bond motifs is 1. The molecular weight excluding hydrogens is 485 g/mol. The number of benzene rings is 3. The van der Waals surface area contributed by atoms with Crippen LogP contribution >= 0.6 is 23.4 Å². The maximum Gasteiger partial charge on any atom is 0.266 e. The van der Waals surface area contributed by atoms with Crippen LogP contribution in [0, 0.1) is 5.82 Å². The Morgan fingerprint density at radius 2 is 1.77 bits per heavy atom. The molecule has 8 heteroatoms. The second-order valence-corrected chi connectivity index (χ2v) is 9.89. The van der Waals surface area contributed by atoms with Gasteiger partial charge >= 0.3 is 0 Å². The van der Waals surface area contributed by atoms with Crippen molar-refractivity contribution in [3.8, 4) is 5.69 Å². The molecular formula is C27H23ClFN3O2S. The van der Waals surface area contributed by atoms with Gasteiger partial charge < -0.3 is 4.90 Å². The van der Waals surface area contributed by atoms with Crippen molar-refractivity contribution in [2.75, 3.05) is 13.1 Å². The van der Waals surface area contributed by atoms with E-state index < -0.39 is 5.82 Å². The van der Waals surface area contributed by atoms with Crippen molar-refractivity contribution in [2.45, 2.75) is 30.2 Å². The third-order valence-electron chi connectivity index (χ3n) is 6.08. The van der Waals surface area contributed by atoms with Gasteiger partial charge in [-0.25, -0.2) is 9.37 Å². The zero-order valence-corrected chi connectivity index (χ0v) is 20.5. The number of aromatic nitrogens is 2. The predicted molar refractivity (Wildman–Crippen MR) is 138 cm³/mol. The Labute approximate surface area is 211 Å². The highest BCUT2D eigenvalue weighted by atomic mass is 35.5. The molecule has 1 aliphatic rings. The number of nitrogens with zero attached hydrogens (tertiary/aromatic N) is 3. The Bertz CT molecular complexity index is 1450. The molecule has 5 nitrogen and oxygen atoms in total. The number of thioether (sulfide) groups is 1. The molecule has 2 heterocycles. The summed E-state index contributed by atoms with van der Waals surface area (Å²) in [6.45, 7) is 1.49. The van der Waals surface area contributed by atoms with Gasteiger partial charge in [0.1, 0.15) is 5.82 Å². The van der Waals surface area contributed by atoms with E-state index >= 15 is 0 Å². The predicted octanol–water partition coefficient (Wildman–Crippen LogP) is 6.10. The largest absolute Gasteiger partial charge is 0.339 e. The van der Waals surface area contributed by atoms with Crippen LogP contribution in [0.1, 0.15) is 35.2 Å². The highest BCUT2D eigenvalue weighted by molar-refractivity contribution is 7.98. The smallest absolute Gasteiger partial charge is 0.266 e. The van der Waals surface area contributed by atoms with E-state index in [9.17, 15) is 14.0 Å². The molecule has 0 N–H and O–H groups in total. The molecule has 0 spiro atoms. The number of carbonyl (C=O) groups excluding carboxylic acids is 1. The van der Waals surface area contributed by atoms with Gasteiger partial charge in [-0.2, -0.15) is 0 Å². The maximum atomic E-state index is 14.0. The molecule has 0 radical (unpaired) electrons. The Morgan fingerprint density at radius 3 is 2.51 bits per heavy atom. The summed E-state index contributed by atoms with van der Waals surface area (Å²) in [6.07, 6.45) is 3.14. The molecule has 5 rings (SSSR count). The van der Waals surface area contributed by atoms with Crippen LogP contribution in [-0.4, -0.2) is 33.4 Å². The Hall–Kier alpha value is -3.16. The number of likely N-dealkylation sites (tertiary alicyclic amines) is 1. The number of piperidine rings is 1. The fourth-order valence-electron chi connectivity index (χ4n) is 4.25. The van der Waals surface area contributed by atoms with Crippen LogP contribution in [0.3, 0.4) is 0 Å². The van der Waals surface area contributed by atoms with Crippen molar-refractivity contribution >= 4 is 40.2 Å². The first-order valence-electron chi connectivity index (χ1n) is 11.5. The molecule has 3 aromatic carbocycles. The normalized spacial score (nSPS) is 13.8.